The molecule has 0 radical (unpaired) electrons. The van der Waals surface area contributed by atoms with Gasteiger partial charge in [-0.15, -0.1) is 0 Å². The molecule has 0 aromatic carbocycles. The number of nitrogens with one attached hydrogen (secondary N) is 2. The standard InChI is InChI=1S/C7H19N3O.CH4/c1-7(11)6-10-5-4-9-3-2-8;/h7,9-11H,2-6,8H2,1H3;1H4. The van der Waals surface area contributed by atoms with Crippen LogP contribution in [0.5, 0.6) is 0 Å². The first-order valence-corrected chi connectivity index (χ1v) is 4.07. The van der Waals surface area contributed by atoms with Crippen molar-refractivity contribution in [3.8, 4) is 0 Å². The molecule has 0 spiro atoms. The molecule has 0 saturated heterocycles. The first-order valence-electron chi connectivity index (χ1n) is 4.07. The number of aliphatic hydroxyl groups excluding tert-OH is 1. The van der Waals surface area contributed by atoms with E-state index >= 15 is 0 Å². The molecule has 0 fully saturated rings. The van der Waals surface area contributed by atoms with Crippen LogP contribution >= 0.6 is 0 Å². The molecule has 0 heterocycles. The van der Waals surface area contributed by atoms with Gasteiger partial charge in [0.1, 0.15) is 0 Å². The number of hydrogen-bond acceptors (Lipinski definition) is 4. The summed E-state index contributed by atoms with van der Waals surface area (Å²) in [7, 11) is 0. The van der Waals surface area contributed by atoms with Gasteiger partial charge < -0.3 is 21.5 Å². The van der Waals surface area contributed by atoms with E-state index in [0.29, 0.717) is 13.1 Å². The van der Waals surface area contributed by atoms with Crippen molar-refractivity contribution in [1.29, 1.82) is 0 Å². The van der Waals surface area contributed by atoms with Crippen LogP contribution in [0.3, 0.4) is 0 Å². The highest BCUT2D eigenvalue weighted by atomic mass is 16.3. The minimum atomic E-state index is -0.260. The second-order valence-corrected chi connectivity index (χ2v) is 2.59. The predicted octanol–water partition coefficient (Wildman–Crippen LogP) is -0.859. The van der Waals surface area contributed by atoms with E-state index in [1.165, 1.54) is 0 Å². The van der Waals surface area contributed by atoms with Crippen LogP contribution in [0.25, 0.3) is 0 Å². The maximum absolute atomic E-state index is 8.85. The number of hydrogen-bond donors (Lipinski definition) is 4. The molecule has 76 valence electrons. The summed E-state index contributed by atoms with van der Waals surface area (Å²) in [6, 6.07) is 0. The van der Waals surface area contributed by atoms with Gasteiger partial charge in [0.05, 0.1) is 6.10 Å². The van der Waals surface area contributed by atoms with Crippen molar-refractivity contribution in [2.75, 3.05) is 32.7 Å². The lowest BCUT2D eigenvalue weighted by Crippen LogP contribution is -2.33. The van der Waals surface area contributed by atoms with Crippen molar-refractivity contribution in [2.24, 2.45) is 5.73 Å². The fourth-order valence-electron chi connectivity index (χ4n) is 0.715. The topological polar surface area (TPSA) is 70.3 Å². The van der Waals surface area contributed by atoms with E-state index in [0.717, 1.165) is 19.6 Å². The molecule has 4 heteroatoms. The molecule has 0 aromatic rings. The lowest BCUT2D eigenvalue weighted by atomic mass is 10.4. The maximum Gasteiger partial charge on any atom is 0.0636 e. The zero-order chi connectivity index (χ0) is 8.53. The summed E-state index contributed by atoms with van der Waals surface area (Å²) in [5.74, 6) is 0. The van der Waals surface area contributed by atoms with E-state index in [1.54, 1.807) is 6.92 Å². The summed E-state index contributed by atoms with van der Waals surface area (Å²) in [4.78, 5) is 0. The van der Waals surface area contributed by atoms with Crippen LogP contribution in [0.15, 0.2) is 0 Å². The molecule has 0 rings (SSSR count). The van der Waals surface area contributed by atoms with Crippen LogP contribution in [0.1, 0.15) is 14.4 Å². The summed E-state index contributed by atoms with van der Waals surface area (Å²) >= 11 is 0. The van der Waals surface area contributed by atoms with Crippen molar-refractivity contribution >= 4 is 0 Å². The van der Waals surface area contributed by atoms with Crippen molar-refractivity contribution in [3.05, 3.63) is 0 Å². The quantitative estimate of drug-likeness (QED) is 0.382. The SMILES string of the molecule is C.CC(O)CNCCNCCN. The average molecular weight is 177 g/mol. The Balaban J connectivity index is 0. The molecular weight excluding hydrogens is 154 g/mol. The van der Waals surface area contributed by atoms with Gasteiger partial charge in [-0.05, 0) is 6.92 Å². The zero-order valence-corrected chi connectivity index (χ0v) is 7.14. The molecule has 0 amide bonds. The van der Waals surface area contributed by atoms with Crippen molar-refractivity contribution in [1.82, 2.24) is 10.6 Å². The summed E-state index contributed by atoms with van der Waals surface area (Å²) in [6.07, 6.45) is -0.260. The van der Waals surface area contributed by atoms with Gasteiger partial charge in [0.15, 0.2) is 0 Å². The third-order valence-corrected chi connectivity index (χ3v) is 1.24. The first-order chi connectivity index (χ1) is 5.27. The molecule has 0 aliphatic rings. The Labute approximate surface area is 75.5 Å². The van der Waals surface area contributed by atoms with E-state index in [4.69, 9.17) is 10.8 Å². The van der Waals surface area contributed by atoms with E-state index in [2.05, 4.69) is 10.6 Å². The van der Waals surface area contributed by atoms with E-state index < -0.39 is 0 Å². The van der Waals surface area contributed by atoms with Crippen LogP contribution in [-0.2, 0) is 0 Å². The van der Waals surface area contributed by atoms with Gasteiger partial charge in [0.25, 0.3) is 0 Å². The van der Waals surface area contributed by atoms with Gasteiger partial charge in [-0.2, -0.15) is 0 Å². The summed E-state index contributed by atoms with van der Waals surface area (Å²) in [5.41, 5.74) is 5.27. The van der Waals surface area contributed by atoms with Crippen molar-refractivity contribution < 1.29 is 5.11 Å². The number of rotatable bonds is 7. The van der Waals surface area contributed by atoms with Gasteiger partial charge in [0, 0.05) is 32.7 Å². The smallest absolute Gasteiger partial charge is 0.0636 e. The van der Waals surface area contributed by atoms with Crippen molar-refractivity contribution in [3.63, 3.8) is 0 Å². The Bertz CT molecular complexity index is 78.7. The lowest BCUT2D eigenvalue weighted by molar-refractivity contribution is 0.191. The second kappa shape index (κ2) is 10.8. The fourth-order valence-corrected chi connectivity index (χ4v) is 0.715. The molecule has 0 aromatic heterocycles. The molecular formula is C8H23N3O. The van der Waals surface area contributed by atoms with E-state index in [1.807, 2.05) is 0 Å². The monoisotopic (exact) mass is 177 g/mol. The third kappa shape index (κ3) is 12.5. The zero-order valence-electron chi connectivity index (χ0n) is 7.14. The van der Waals surface area contributed by atoms with Crippen LogP contribution in [0.2, 0.25) is 0 Å². The highest BCUT2D eigenvalue weighted by Crippen LogP contribution is 1.72. The van der Waals surface area contributed by atoms with Crippen LogP contribution < -0.4 is 16.4 Å². The van der Waals surface area contributed by atoms with Gasteiger partial charge >= 0.3 is 0 Å². The molecule has 1 unspecified atom stereocenters. The molecule has 12 heavy (non-hydrogen) atoms. The highest BCUT2D eigenvalue weighted by Gasteiger charge is 1.92. The Hall–Kier alpha value is -0.160. The summed E-state index contributed by atoms with van der Waals surface area (Å²) < 4.78 is 0. The maximum atomic E-state index is 8.85. The molecule has 5 N–H and O–H groups in total. The van der Waals surface area contributed by atoms with Crippen LogP contribution in [0, 0.1) is 0 Å². The Morgan fingerprint density at radius 3 is 2.33 bits per heavy atom. The molecule has 1 atom stereocenters. The normalized spacial score (nSPS) is 12.2. The Morgan fingerprint density at radius 2 is 1.83 bits per heavy atom. The third-order valence-electron chi connectivity index (χ3n) is 1.24. The average Bonchev–Trinajstić information content (AvgIpc) is 1.96. The Morgan fingerprint density at radius 1 is 1.25 bits per heavy atom. The summed E-state index contributed by atoms with van der Waals surface area (Å²) in [5, 5.41) is 15.1. The molecule has 0 bridgehead atoms. The lowest BCUT2D eigenvalue weighted by Gasteiger charge is -2.06. The second-order valence-electron chi connectivity index (χ2n) is 2.59. The number of aliphatic hydroxyl groups is 1. The minimum Gasteiger partial charge on any atom is -0.392 e. The van der Waals surface area contributed by atoms with Gasteiger partial charge in [-0.3, -0.25) is 0 Å². The molecule has 0 aliphatic heterocycles. The summed E-state index contributed by atoms with van der Waals surface area (Å²) in [6.45, 7) is 5.74. The van der Waals surface area contributed by atoms with Gasteiger partial charge in [0.2, 0.25) is 0 Å². The van der Waals surface area contributed by atoms with E-state index in [9.17, 15) is 0 Å². The van der Waals surface area contributed by atoms with Gasteiger partial charge in [-0.25, -0.2) is 0 Å². The highest BCUT2D eigenvalue weighted by molar-refractivity contribution is 4.55. The van der Waals surface area contributed by atoms with Crippen LogP contribution in [-0.4, -0.2) is 43.9 Å². The molecule has 0 aliphatic carbocycles. The predicted molar refractivity (Wildman–Crippen MR) is 53.2 cm³/mol. The Kier molecular flexibility index (Phi) is 13.0. The van der Waals surface area contributed by atoms with Crippen molar-refractivity contribution in [2.45, 2.75) is 20.5 Å². The van der Waals surface area contributed by atoms with Crippen LogP contribution in [0.4, 0.5) is 0 Å². The minimum absolute atomic E-state index is 0. The first kappa shape index (κ1) is 14.4. The fraction of sp³-hybridized carbons (Fsp3) is 1.00. The van der Waals surface area contributed by atoms with E-state index in [-0.39, 0.29) is 13.5 Å². The molecule has 4 nitrogen and oxygen atoms in total. The molecule has 0 saturated carbocycles. The van der Waals surface area contributed by atoms with Gasteiger partial charge in [-0.1, -0.05) is 7.43 Å². The number of nitrogens with two attached hydrogens (primary N) is 1. The largest absolute Gasteiger partial charge is 0.392 e.